The Balaban J connectivity index is 2.09. The van der Waals surface area contributed by atoms with Crippen LogP contribution in [0, 0.1) is 5.82 Å². The molecule has 1 aliphatic heterocycles. The maximum atomic E-state index is 13.6. The molecule has 0 aromatic heterocycles. The third-order valence-electron chi connectivity index (χ3n) is 3.70. The second-order valence-electron chi connectivity index (χ2n) is 5.28. The summed E-state index contributed by atoms with van der Waals surface area (Å²) in [6.07, 6.45) is 0.988. The summed E-state index contributed by atoms with van der Waals surface area (Å²) in [5, 5.41) is 0. The molecular formula is C19H14FNO4. The summed E-state index contributed by atoms with van der Waals surface area (Å²) < 4.78 is 18.5. The first-order valence-corrected chi connectivity index (χ1v) is 7.65. The fourth-order valence-corrected chi connectivity index (χ4v) is 2.62. The number of halogens is 1. The van der Waals surface area contributed by atoms with Gasteiger partial charge in [-0.15, -0.1) is 0 Å². The normalized spacial score (nSPS) is 14.6. The average Bonchev–Trinajstić information content (AvgIpc) is 2.87. The van der Waals surface area contributed by atoms with Gasteiger partial charge in [-0.05, 0) is 37.3 Å². The lowest BCUT2D eigenvalue weighted by molar-refractivity contribution is -0.137. The van der Waals surface area contributed by atoms with E-state index in [9.17, 15) is 18.8 Å². The number of hydrogen-bond acceptors (Lipinski definition) is 4. The van der Waals surface area contributed by atoms with Gasteiger partial charge >= 0.3 is 5.97 Å². The molecule has 0 saturated heterocycles. The molecule has 25 heavy (non-hydrogen) atoms. The zero-order valence-electron chi connectivity index (χ0n) is 13.4. The van der Waals surface area contributed by atoms with Gasteiger partial charge in [0.2, 0.25) is 0 Å². The number of benzene rings is 2. The Morgan fingerprint density at radius 3 is 2.56 bits per heavy atom. The van der Waals surface area contributed by atoms with E-state index >= 15 is 0 Å². The molecule has 0 unspecified atom stereocenters. The average molecular weight is 339 g/mol. The van der Waals surface area contributed by atoms with Crippen LogP contribution in [0.1, 0.15) is 22.8 Å². The summed E-state index contributed by atoms with van der Waals surface area (Å²) in [5.74, 6) is -2.54. The van der Waals surface area contributed by atoms with E-state index in [4.69, 9.17) is 4.74 Å². The zero-order chi connectivity index (χ0) is 18.0. The van der Waals surface area contributed by atoms with Gasteiger partial charge in [0.15, 0.2) is 0 Å². The molecule has 2 aromatic rings. The molecule has 6 heteroatoms. The van der Waals surface area contributed by atoms with Crippen LogP contribution in [0.4, 0.5) is 10.1 Å². The minimum atomic E-state index is -0.727. The van der Waals surface area contributed by atoms with Gasteiger partial charge in [-0.25, -0.2) is 14.1 Å². The molecule has 0 atom stereocenters. The molecular weight excluding hydrogens is 325 g/mol. The van der Waals surface area contributed by atoms with E-state index in [0.717, 1.165) is 23.1 Å². The maximum absolute atomic E-state index is 13.6. The van der Waals surface area contributed by atoms with Crippen molar-refractivity contribution in [2.75, 3.05) is 11.5 Å². The zero-order valence-corrected chi connectivity index (χ0v) is 13.4. The number of ether oxygens (including phenoxy) is 1. The van der Waals surface area contributed by atoms with Gasteiger partial charge < -0.3 is 4.74 Å². The van der Waals surface area contributed by atoms with Crippen molar-refractivity contribution in [3.63, 3.8) is 0 Å². The smallest absolute Gasteiger partial charge is 0.331 e. The number of hydrogen-bond donors (Lipinski definition) is 0. The number of carbonyl (C=O) groups excluding carboxylic acids is 3. The van der Waals surface area contributed by atoms with E-state index in [1.165, 1.54) is 6.07 Å². The summed E-state index contributed by atoms with van der Waals surface area (Å²) in [6, 6.07) is 11.9. The van der Waals surface area contributed by atoms with Crippen LogP contribution in [0.3, 0.4) is 0 Å². The molecule has 0 aliphatic carbocycles. The van der Waals surface area contributed by atoms with Crippen molar-refractivity contribution < 1.29 is 23.5 Å². The highest BCUT2D eigenvalue weighted by molar-refractivity contribution is 6.42. The Bertz CT molecular complexity index is 890. The van der Waals surface area contributed by atoms with Crippen LogP contribution in [0.5, 0.6) is 0 Å². The fraction of sp³-hybridized carbons (Fsp3) is 0.105. The van der Waals surface area contributed by atoms with Crippen LogP contribution in [0.2, 0.25) is 0 Å². The molecule has 0 spiro atoms. The van der Waals surface area contributed by atoms with E-state index in [2.05, 4.69) is 0 Å². The van der Waals surface area contributed by atoms with Gasteiger partial charge in [0.05, 0.1) is 17.9 Å². The van der Waals surface area contributed by atoms with Crippen molar-refractivity contribution in [3.05, 3.63) is 71.6 Å². The second-order valence-corrected chi connectivity index (χ2v) is 5.28. The number of fused-ring (bicyclic) bond motifs is 1. The number of esters is 1. The first-order valence-electron chi connectivity index (χ1n) is 7.65. The van der Waals surface area contributed by atoms with Crippen molar-refractivity contribution in [2.45, 2.75) is 6.92 Å². The van der Waals surface area contributed by atoms with Gasteiger partial charge in [-0.3, -0.25) is 9.59 Å². The Labute approximate surface area is 143 Å². The topological polar surface area (TPSA) is 63.7 Å². The van der Waals surface area contributed by atoms with E-state index in [1.54, 1.807) is 37.3 Å². The summed E-state index contributed by atoms with van der Waals surface area (Å²) in [6.45, 7) is 1.77. The molecule has 0 radical (unpaired) electrons. The van der Waals surface area contributed by atoms with Gasteiger partial charge in [-0.1, -0.05) is 18.2 Å². The van der Waals surface area contributed by atoms with E-state index in [0.29, 0.717) is 5.56 Å². The highest BCUT2D eigenvalue weighted by Gasteiger charge is 2.37. The lowest BCUT2D eigenvalue weighted by Gasteiger charge is -2.15. The number of amides is 2. The SMILES string of the molecule is CCOC(=O)/C=C1/C(=O)N(C(=O)c2ccccc2)c2ccc(F)cc21. The number of nitrogens with zero attached hydrogens (tertiary/aromatic N) is 1. The Kier molecular flexibility index (Phi) is 4.43. The number of imide groups is 1. The molecule has 0 saturated carbocycles. The number of carbonyl (C=O) groups is 3. The molecule has 1 heterocycles. The summed E-state index contributed by atoms with van der Waals surface area (Å²) in [4.78, 5) is 38.1. The molecule has 1 aliphatic rings. The molecule has 0 bridgehead atoms. The van der Waals surface area contributed by atoms with Gasteiger partial charge in [0.25, 0.3) is 11.8 Å². The van der Waals surface area contributed by atoms with Gasteiger partial charge in [0.1, 0.15) is 5.82 Å². The molecule has 2 aromatic carbocycles. The van der Waals surface area contributed by atoms with Crippen molar-refractivity contribution in [1.29, 1.82) is 0 Å². The first-order chi connectivity index (χ1) is 12.0. The van der Waals surface area contributed by atoms with Crippen LogP contribution in [-0.4, -0.2) is 24.4 Å². The first kappa shape index (κ1) is 16.6. The largest absolute Gasteiger partial charge is 0.463 e. The van der Waals surface area contributed by atoms with Crippen LogP contribution in [-0.2, 0) is 14.3 Å². The van der Waals surface area contributed by atoms with Crippen LogP contribution in [0.25, 0.3) is 5.57 Å². The number of anilines is 1. The van der Waals surface area contributed by atoms with Crippen LogP contribution >= 0.6 is 0 Å². The van der Waals surface area contributed by atoms with Crippen molar-refractivity contribution in [2.24, 2.45) is 0 Å². The predicted octanol–water partition coefficient (Wildman–Crippen LogP) is 2.96. The van der Waals surface area contributed by atoms with E-state index in [-0.39, 0.29) is 23.4 Å². The Morgan fingerprint density at radius 1 is 1.16 bits per heavy atom. The fourth-order valence-electron chi connectivity index (χ4n) is 2.62. The summed E-state index contributed by atoms with van der Waals surface area (Å²) in [5.41, 5.74) is 0.652. The molecule has 3 rings (SSSR count). The van der Waals surface area contributed by atoms with E-state index < -0.39 is 23.6 Å². The quantitative estimate of drug-likeness (QED) is 0.490. The minimum absolute atomic E-state index is 0.0720. The summed E-state index contributed by atoms with van der Waals surface area (Å²) in [7, 11) is 0. The lowest BCUT2D eigenvalue weighted by atomic mass is 10.1. The third kappa shape index (κ3) is 3.06. The van der Waals surface area contributed by atoms with Crippen molar-refractivity contribution in [1.82, 2.24) is 0 Å². The van der Waals surface area contributed by atoms with Crippen LogP contribution in [0.15, 0.2) is 54.6 Å². The summed E-state index contributed by atoms with van der Waals surface area (Å²) >= 11 is 0. The lowest BCUT2D eigenvalue weighted by Crippen LogP contribution is -2.33. The third-order valence-corrected chi connectivity index (χ3v) is 3.70. The predicted molar refractivity (Wildman–Crippen MR) is 89.3 cm³/mol. The van der Waals surface area contributed by atoms with E-state index in [1.807, 2.05) is 0 Å². The number of rotatable bonds is 3. The second kappa shape index (κ2) is 6.68. The van der Waals surface area contributed by atoms with Gasteiger partial charge in [0, 0.05) is 17.2 Å². The molecule has 2 amide bonds. The van der Waals surface area contributed by atoms with Crippen LogP contribution < -0.4 is 4.90 Å². The maximum Gasteiger partial charge on any atom is 0.331 e. The highest BCUT2D eigenvalue weighted by Crippen LogP contribution is 2.38. The molecule has 0 N–H and O–H groups in total. The monoisotopic (exact) mass is 339 g/mol. The molecule has 5 nitrogen and oxygen atoms in total. The van der Waals surface area contributed by atoms with Gasteiger partial charge in [-0.2, -0.15) is 0 Å². The Morgan fingerprint density at radius 2 is 1.88 bits per heavy atom. The Hall–Kier alpha value is -3.28. The molecule has 126 valence electrons. The minimum Gasteiger partial charge on any atom is -0.463 e. The highest BCUT2D eigenvalue weighted by atomic mass is 19.1. The van der Waals surface area contributed by atoms with Crippen molar-refractivity contribution in [3.8, 4) is 0 Å². The van der Waals surface area contributed by atoms with Crippen molar-refractivity contribution >= 4 is 29.0 Å². The molecule has 0 fully saturated rings. The standard InChI is InChI=1S/C19H14FNO4/c1-2-25-17(22)11-15-14-10-13(20)8-9-16(14)21(19(15)24)18(23)12-6-4-3-5-7-12/h3-11H,2H2,1H3/b15-11+.